The third-order valence-electron chi connectivity index (χ3n) is 6.61. The number of carboxylic acid groups (broad SMARTS) is 1. The highest BCUT2D eigenvalue weighted by Crippen LogP contribution is 2.25. The van der Waals surface area contributed by atoms with Crippen LogP contribution < -0.4 is 5.32 Å². The van der Waals surface area contributed by atoms with E-state index in [-0.39, 0.29) is 48.9 Å². The Kier molecular flexibility index (Phi) is 11.0. The summed E-state index contributed by atoms with van der Waals surface area (Å²) < 4.78 is 0. The van der Waals surface area contributed by atoms with Gasteiger partial charge in [-0.1, -0.05) is 37.3 Å². The molecule has 2 amide bonds. The quantitative estimate of drug-likeness (QED) is 0.400. The molecule has 0 aliphatic carbocycles. The summed E-state index contributed by atoms with van der Waals surface area (Å²) in [4.78, 5) is 75.0. The number of ketones is 3. The Morgan fingerprint density at radius 3 is 2.31 bits per heavy atom. The first-order valence-electron chi connectivity index (χ1n) is 12.4. The van der Waals surface area contributed by atoms with Gasteiger partial charge in [0.05, 0.1) is 18.5 Å². The van der Waals surface area contributed by atoms with Crippen LogP contribution in [0.1, 0.15) is 64.9 Å². The summed E-state index contributed by atoms with van der Waals surface area (Å²) in [5.41, 5.74) is 0.973. The molecule has 2 rings (SSSR count). The van der Waals surface area contributed by atoms with Gasteiger partial charge in [0.25, 0.3) is 0 Å². The molecule has 1 fully saturated rings. The summed E-state index contributed by atoms with van der Waals surface area (Å²) in [5.74, 6) is -3.65. The van der Waals surface area contributed by atoms with E-state index in [0.29, 0.717) is 25.8 Å². The zero-order chi connectivity index (χ0) is 26.8. The van der Waals surface area contributed by atoms with E-state index >= 15 is 0 Å². The van der Waals surface area contributed by atoms with Gasteiger partial charge < -0.3 is 15.3 Å². The van der Waals surface area contributed by atoms with Gasteiger partial charge in [0.15, 0.2) is 11.6 Å². The van der Waals surface area contributed by atoms with E-state index in [4.69, 9.17) is 5.11 Å². The first-order valence-corrected chi connectivity index (χ1v) is 12.4. The maximum Gasteiger partial charge on any atom is 0.303 e. The number of benzene rings is 1. The molecule has 0 spiro atoms. The second kappa shape index (κ2) is 13.7. The molecule has 4 unspecified atom stereocenters. The van der Waals surface area contributed by atoms with Crippen LogP contribution in [0, 0.1) is 11.8 Å². The number of carbonyl (C=O) groups is 6. The third kappa shape index (κ3) is 8.70. The lowest BCUT2D eigenvalue weighted by molar-refractivity contribution is -0.142. The number of Topliss-reactive ketones (excluding diaryl/α,β-unsaturated/α-hetero) is 3. The number of nitrogens with one attached hydrogen (secondary N) is 1. The maximum absolute atomic E-state index is 13.1. The molecular formula is C27H36N2O7. The maximum atomic E-state index is 13.1. The van der Waals surface area contributed by atoms with E-state index in [0.717, 1.165) is 5.56 Å². The molecule has 36 heavy (non-hydrogen) atoms. The van der Waals surface area contributed by atoms with Gasteiger partial charge in [-0.15, -0.1) is 0 Å². The van der Waals surface area contributed by atoms with Gasteiger partial charge in [-0.3, -0.25) is 28.8 Å². The fourth-order valence-corrected chi connectivity index (χ4v) is 4.47. The number of nitrogens with zero attached hydrogens (tertiary/aromatic N) is 1. The number of hydrogen-bond acceptors (Lipinski definition) is 6. The molecular weight excluding hydrogens is 464 g/mol. The predicted octanol–water partition coefficient (Wildman–Crippen LogP) is 2.35. The highest BCUT2D eigenvalue weighted by Gasteiger charge is 2.37. The Morgan fingerprint density at radius 1 is 1.03 bits per heavy atom. The molecule has 4 atom stereocenters. The van der Waals surface area contributed by atoms with Crippen LogP contribution in [0.4, 0.5) is 0 Å². The van der Waals surface area contributed by atoms with Gasteiger partial charge in [0.1, 0.15) is 5.78 Å². The molecule has 0 aromatic heterocycles. The fourth-order valence-electron chi connectivity index (χ4n) is 4.47. The number of carboxylic acids is 1. The minimum atomic E-state index is -1.10. The summed E-state index contributed by atoms with van der Waals surface area (Å²) in [6.07, 6.45) is 1.04. The van der Waals surface area contributed by atoms with Crippen LogP contribution in [0.15, 0.2) is 30.3 Å². The predicted molar refractivity (Wildman–Crippen MR) is 132 cm³/mol. The number of hydrogen-bond donors (Lipinski definition) is 2. The Balaban J connectivity index is 1.94. The van der Waals surface area contributed by atoms with Crippen LogP contribution in [0.25, 0.3) is 0 Å². The van der Waals surface area contributed by atoms with E-state index in [1.807, 2.05) is 30.3 Å². The van der Waals surface area contributed by atoms with Crippen molar-refractivity contribution < 1.29 is 33.9 Å². The Bertz CT molecular complexity index is 976. The molecule has 0 radical (unpaired) electrons. The van der Waals surface area contributed by atoms with Gasteiger partial charge in [0, 0.05) is 37.6 Å². The van der Waals surface area contributed by atoms with Crippen molar-refractivity contribution in [2.24, 2.45) is 11.8 Å². The third-order valence-corrected chi connectivity index (χ3v) is 6.61. The summed E-state index contributed by atoms with van der Waals surface area (Å²) in [6.45, 7) is 5.01. The molecule has 9 heteroatoms. The number of carbonyl (C=O) groups excluding carboxylic acids is 5. The summed E-state index contributed by atoms with van der Waals surface area (Å²) in [5, 5.41) is 11.1. The summed E-state index contributed by atoms with van der Waals surface area (Å²) in [6, 6.07) is 8.03. The summed E-state index contributed by atoms with van der Waals surface area (Å²) >= 11 is 0. The van der Waals surface area contributed by atoms with Crippen molar-refractivity contribution >= 4 is 35.1 Å². The lowest BCUT2D eigenvalue weighted by Crippen LogP contribution is -2.45. The molecule has 2 N–H and O–H groups in total. The lowest BCUT2D eigenvalue weighted by atomic mass is 9.88. The molecule has 196 valence electrons. The minimum absolute atomic E-state index is 0.0609. The number of likely N-dealkylation sites (tertiary alicyclic amines) is 1. The van der Waals surface area contributed by atoms with E-state index in [1.165, 1.54) is 18.7 Å². The van der Waals surface area contributed by atoms with Crippen LogP contribution in [0.2, 0.25) is 0 Å². The largest absolute Gasteiger partial charge is 0.481 e. The van der Waals surface area contributed by atoms with E-state index in [9.17, 15) is 28.8 Å². The van der Waals surface area contributed by atoms with Gasteiger partial charge >= 0.3 is 5.97 Å². The van der Waals surface area contributed by atoms with Crippen molar-refractivity contribution in [1.82, 2.24) is 10.2 Å². The monoisotopic (exact) mass is 500 g/mol. The van der Waals surface area contributed by atoms with Crippen LogP contribution in [-0.4, -0.2) is 63.8 Å². The minimum Gasteiger partial charge on any atom is -0.481 e. The van der Waals surface area contributed by atoms with Crippen molar-refractivity contribution in [1.29, 1.82) is 0 Å². The van der Waals surface area contributed by atoms with E-state index in [2.05, 4.69) is 5.32 Å². The molecule has 1 aliphatic rings. The van der Waals surface area contributed by atoms with Crippen LogP contribution in [0.5, 0.6) is 0 Å². The smallest absolute Gasteiger partial charge is 0.303 e. The molecule has 0 bridgehead atoms. The first-order chi connectivity index (χ1) is 17.0. The van der Waals surface area contributed by atoms with E-state index < -0.39 is 35.8 Å². The zero-order valence-corrected chi connectivity index (χ0v) is 21.2. The molecule has 1 aromatic rings. The van der Waals surface area contributed by atoms with Gasteiger partial charge in [-0.2, -0.15) is 0 Å². The zero-order valence-electron chi connectivity index (χ0n) is 21.2. The Labute approximate surface area is 211 Å². The van der Waals surface area contributed by atoms with Crippen molar-refractivity contribution in [3.05, 3.63) is 35.9 Å². The summed E-state index contributed by atoms with van der Waals surface area (Å²) in [7, 11) is 0. The number of rotatable bonds is 14. The van der Waals surface area contributed by atoms with Crippen LogP contribution >= 0.6 is 0 Å². The van der Waals surface area contributed by atoms with Crippen molar-refractivity contribution in [3.63, 3.8) is 0 Å². The second-order valence-electron chi connectivity index (χ2n) is 9.61. The van der Waals surface area contributed by atoms with Crippen molar-refractivity contribution in [3.8, 4) is 0 Å². The SMILES string of the molecule is CC(=O)C(CC(=O)C1CCCN1C(=O)C(C)CC(=O)C(C)NC(=O)CCC(=O)O)Cc1ccccc1. The van der Waals surface area contributed by atoms with Gasteiger partial charge in [-0.05, 0) is 38.7 Å². The van der Waals surface area contributed by atoms with E-state index in [1.54, 1.807) is 6.92 Å². The Hall–Kier alpha value is -3.36. The van der Waals surface area contributed by atoms with Gasteiger partial charge in [0.2, 0.25) is 11.8 Å². The molecule has 1 heterocycles. The fraction of sp³-hybridized carbons (Fsp3) is 0.556. The number of aliphatic carboxylic acids is 1. The van der Waals surface area contributed by atoms with Crippen LogP contribution in [0.3, 0.4) is 0 Å². The normalized spacial score (nSPS) is 17.6. The number of amides is 2. The highest BCUT2D eigenvalue weighted by atomic mass is 16.4. The molecule has 0 saturated carbocycles. The standard InChI is InChI=1S/C27H36N2O7/c1-17(14-23(31)18(2)28-25(33)11-12-26(34)35)27(36)29-13-7-10-22(29)24(32)16-21(19(3)30)15-20-8-5-4-6-9-20/h4-6,8-9,17-18,21-22H,7,10-16H2,1-3H3,(H,28,33)(H,34,35). The molecule has 1 aliphatic heterocycles. The van der Waals surface area contributed by atoms with Crippen molar-refractivity contribution in [2.75, 3.05) is 6.54 Å². The average molecular weight is 501 g/mol. The first kappa shape index (κ1) is 28.9. The Morgan fingerprint density at radius 2 is 1.69 bits per heavy atom. The average Bonchev–Trinajstić information content (AvgIpc) is 3.32. The lowest BCUT2D eigenvalue weighted by Gasteiger charge is -2.28. The topological polar surface area (TPSA) is 138 Å². The van der Waals surface area contributed by atoms with Crippen molar-refractivity contribution in [2.45, 2.75) is 77.8 Å². The van der Waals surface area contributed by atoms with Crippen LogP contribution in [-0.2, 0) is 35.2 Å². The molecule has 1 saturated heterocycles. The second-order valence-corrected chi connectivity index (χ2v) is 9.61. The highest BCUT2D eigenvalue weighted by molar-refractivity contribution is 5.95. The molecule has 1 aromatic carbocycles. The molecule has 9 nitrogen and oxygen atoms in total. The van der Waals surface area contributed by atoms with Gasteiger partial charge in [-0.25, -0.2) is 0 Å².